The molecule has 1 N–H and O–H groups in total. The first-order valence-electron chi connectivity index (χ1n) is 12.4. The van der Waals surface area contributed by atoms with Crippen LogP contribution in [0, 0.1) is 29.1 Å². The molecule has 2 atom stereocenters. The van der Waals surface area contributed by atoms with Gasteiger partial charge in [-0.3, -0.25) is 0 Å². The van der Waals surface area contributed by atoms with Crippen molar-refractivity contribution in [2.75, 3.05) is 6.54 Å². The molecule has 3 aromatic carbocycles. The van der Waals surface area contributed by atoms with Crippen LogP contribution in [0.5, 0.6) is 5.75 Å². The summed E-state index contributed by atoms with van der Waals surface area (Å²) < 4.78 is 98.0. The quantitative estimate of drug-likeness (QED) is 0.0997. The number of alkyl carbamates (subject to hydrolysis) is 1. The Morgan fingerprint density at radius 2 is 1.29 bits per heavy atom. The SMILES string of the molecule is CC(C)(C)OC(=O)NCCC(OC(=O)C(F)c1ccc(-c2ccccc2)cc1)C(=O)Oc1c(F)c(F)c(F)c(F)c1F. The van der Waals surface area contributed by atoms with Crippen molar-refractivity contribution in [1.29, 1.82) is 0 Å². The summed E-state index contributed by atoms with van der Waals surface area (Å²) in [6, 6.07) is 14.7. The third kappa shape index (κ3) is 8.02. The average Bonchev–Trinajstić information content (AvgIpc) is 2.95. The number of carbonyl (C=O) groups excluding carboxylic acids is 3. The Morgan fingerprint density at radius 1 is 0.762 bits per heavy atom. The van der Waals surface area contributed by atoms with Crippen LogP contribution in [0.25, 0.3) is 11.1 Å². The third-order valence-corrected chi connectivity index (χ3v) is 5.49. The van der Waals surface area contributed by atoms with Crippen molar-refractivity contribution in [2.45, 2.75) is 45.1 Å². The summed E-state index contributed by atoms with van der Waals surface area (Å²) in [6.07, 6.45) is -6.20. The molecule has 13 heteroatoms. The van der Waals surface area contributed by atoms with Crippen LogP contribution >= 0.6 is 0 Å². The predicted octanol–water partition coefficient (Wildman–Crippen LogP) is 6.49. The number of halogens is 6. The fourth-order valence-electron chi connectivity index (χ4n) is 3.50. The second-order valence-corrected chi connectivity index (χ2v) is 9.81. The molecule has 3 aromatic rings. The van der Waals surface area contributed by atoms with Gasteiger partial charge >= 0.3 is 18.0 Å². The standard InChI is InChI=1S/C29H25F6NO6/c1-29(2,3)42-28(39)36-14-13-18(26(37)41-25-23(34)21(32)20(31)22(33)24(25)35)40-27(38)19(30)17-11-9-16(10-12-17)15-7-5-4-6-8-15/h4-12,18-19H,13-14H2,1-3H3,(H,36,39). The lowest BCUT2D eigenvalue weighted by molar-refractivity contribution is -0.167. The van der Waals surface area contributed by atoms with E-state index in [1.165, 1.54) is 24.3 Å². The Bertz CT molecular complexity index is 1410. The number of hydrogen-bond donors (Lipinski definition) is 1. The summed E-state index contributed by atoms with van der Waals surface area (Å²) >= 11 is 0. The second-order valence-electron chi connectivity index (χ2n) is 9.81. The van der Waals surface area contributed by atoms with Gasteiger partial charge in [-0.15, -0.1) is 0 Å². The minimum Gasteiger partial charge on any atom is -0.448 e. The van der Waals surface area contributed by atoms with Crippen LogP contribution in [0.1, 0.15) is 38.9 Å². The lowest BCUT2D eigenvalue weighted by Crippen LogP contribution is -2.38. The van der Waals surface area contributed by atoms with Crippen molar-refractivity contribution < 1.29 is 54.9 Å². The number of benzene rings is 3. The van der Waals surface area contributed by atoms with Gasteiger partial charge in [0.1, 0.15) is 5.60 Å². The molecular weight excluding hydrogens is 572 g/mol. The van der Waals surface area contributed by atoms with E-state index in [0.717, 1.165) is 5.56 Å². The Labute approximate surface area is 236 Å². The lowest BCUT2D eigenvalue weighted by Gasteiger charge is -2.21. The van der Waals surface area contributed by atoms with E-state index in [1.54, 1.807) is 32.9 Å². The smallest absolute Gasteiger partial charge is 0.407 e. The third-order valence-electron chi connectivity index (χ3n) is 5.49. The molecule has 1 amide bonds. The van der Waals surface area contributed by atoms with Gasteiger partial charge in [-0.05, 0) is 37.5 Å². The van der Waals surface area contributed by atoms with Crippen LogP contribution in [0.4, 0.5) is 31.1 Å². The number of rotatable bonds is 9. The number of amides is 1. The highest BCUT2D eigenvalue weighted by atomic mass is 19.2. The zero-order chi connectivity index (χ0) is 31.2. The number of esters is 2. The van der Waals surface area contributed by atoms with Gasteiger partial charge in [-0.2, -0.15) is 8.78 Å². The van der Waals surface area contributed by atoms with Crippen LogP contribution in [-0.2, 0) is 19.1 Å². The number of hydrogen-bond acceptors (Lipinski definition) is 6. The van der Waals surface area contributed by atoms with E-state index >= 15 is 4.39 Å². The van der Waals surface area contributed by atoms with Crippen LogP contribution in [0.15, 0.2) is 54.6 Å². The van der Waals surface area contributed by atoms with Gasteiger partial charge in [0.05, 0.1) is 0 Å². The zero-order valence-corrected chi connectivity index (χ0v) is 22.5. The van der Waals surface area contributed by atoms with Crippen molar-refractivity contribution in [3.8, 4) is 16.9 Å². The number of alkyl halides is 1. The normalized spacial score (nSPS) is 12.7. The molecule has 0 aromatic heterocycles. The highest BCUT2D eigenvalue weighted by Gasteiger charge is 2.34. The molecule has 3 rings (SSSR count). The molecule has 0 fully saturated rings. The molecule has 0 aliphatic rings. The summed E-state index contributed by atoms with van der Waals surface area (Å²) in [4.78, 5) is 37.2. The van der Waals surface area contributed by atoms with Gasteiger partial charge in [0.2, 0.25) is 47.1 Å². The molecular formula is C29H25F6NO6. The molecule has 0 radical (unpaired) electrons. The fourth-order valence-corrected chi connectivity index (χ4v) is 3.50. The summed E-state index contributed by atoms with van der Waals surface area (Å²) in [7, 11) is 0. The number of nitrogens with one attached hydrogen (secondary N) is 1. The molecule has 2 unspecified atom stereocenters. The topological polar surface area (TPSA) is 90.9 Å². The minimum absolute atomic E-state index is 0.168. The lowest BCUT2D eigenvalue weighted by atomic mass is 10.0. The van der Waals surface area contributed by atoms with E-state index in [4.69, 9.17) is 9.47 Å². The fraction of sp³-hybridized carbons (Fsp3) is 0.276. The molecule has 224 valence electrons. The molecule has 0 spiro atoms. The van der Waals surface area contributed by atoms with E-state index in [9.17, 15) is 36.3 Å². The first-order chi connectivity index (χ1) is 19.7. The van der Waals surface area contributed by atoms with Crippen molar-refractivity contribution in [1.82, 2.24) is 5.32 Å². The van der Waals surface area contributed by atoms with Crippen molar-refractivity contribution >= 4 is 18.0 Å². The molecule has 0 aliphatic carbocycles. The maximum Gasteiger partial charge on any atom is 0.407 e. The molecule has 7 nitrogen and oxygen atoms in total. The molecule has 42 heavy (non-hydrogen) atoms. The van der Waals surface area contributed by atoms with E-state index in [0.29, 0.717) is 5.56 Å². The van der Waals surface area contributed by atoms with Crippen molar-refractivity contribution in [2.24, 2.45) is 0 Å². The van der Waals surface area contributed by atoms with E-state index < -0.39 is 83.7 Å². The van der Waals surface area contributed by atoms with Gasteiger partial charge in [-0.1, -0.05) is 54.6 Å². The maximum atomic E-state index is 15.1. The van der Waals surface area contributed by atoms with E-state index in [-0.39, 0.29) is 5.56 Å². The number of ether oxygens (including phenoxy) is 3. The van der Waals surface area contributed by atoms with Crippen molar-refractivity contribution in [3.63, 3.8) is 0 Å². The highest BCUT2D eigenvalue weighted by molar-refractivity contribution is 5.83. The molecule has 0 bridgehead atoms. The zero-order valence-electron chi connectivity index (χ0n) is 22.5. The summed E-state index contributed by atoms with van der Waals surface area (Å²) in [5.74, 6) is -17.6. The van der Waals surface area contributed by atoms with Gasteiger partial charge in [-0.25, -0.2) is 31.9 Å². The molecule has 0 heterocycles. The Balaban J connectivity index is 1.79. The summed E-state index contributed by atoms with van der Waals surface area (Å²) in [5, 5.41) is 2.22. The average molecular weight is 598 g/mol. The summed E-state index contributed by atoms with van der Waals surface area (Å²) in [5.41, 5.74) is 0.448. The van der Waals surface area contributed by atoms with Crippen LogP contribution < -0.4 is 10.1 Å². The van der Waals surface area contributed by atoms with Gasteiger partial charge < -0.3 is 19.5 Å². The summed E-state index contributed by atoms with van der Waals surface area (Å²) in [6.45, 7) is 4.22. The maximum absolute atomic E-state index is 15.1. The van der Waals surface area contributed by atoms with E-state index in [2.05, 4.69) is 10.1 Å². The highest BCUT2D eigenvalue weighted by Crippen LogP contribution is 2.30. The Hall–Kier alpha value is -4.55. The second kappa shape index (κ2) is 13.4. The van der Waals surface area contributed by atoms with E-state index in [1.807, 2.05) is 18.2 Å². The van der Waals surface area contributed by atoms with Crippen LogP contribution in [0.3, 0.4) is 0 Å². The van der Waals surface area contributed by atoms with Gasteiger partial charge in [0.25, 0.3) is 0 Å². The predicted molar refractivity (Wildman–Crippen MR) is 136 cm³/mol. The minimum atomic E-state index is -2.49. The van der Waals surface area contributed by atoms with Crippen LogP contribution in [-0.4, -0.2) is 36.3 Å². The Kier molecular flexibility index (Phi) is 10.2. The number of carbonyl (C=O) groups is 3. The van der Waals surface area contributed by atoms with Crippen molar-refractivity contribution in [3.05, 3.63) is 89.2 Å². The molecule has 0 saturated carbocycles. The molecule has 0 saturated heterocycles. The van der Waals surface area contributed by atoms with Crippen LogP contribution in [0.2, 0.25) is 0 Å². The van der Waals surface area contributed by atoms with Gasteiger partial charge in [0, 0.05) is 13.0 Å². The van der Waals surface area contributed by atoms with Gasteiger partial charge in [0.15, 0.2) is 0 Å². The first-order valence-corrected chi connectivity index (χ1v) is 12.4. The Morgan fingerprint density at radius 3 is 1.83 bits per heavy atom. The monoisotopic (exact) mass is 597 g/mol. The molecule has 0 aliphatic heterocycles. The first kappa shape index (κ1) is 32.0. The largest absolute Gasteiger partial charge is 0.448 e.